The molecule has 2 atom stereocenters. The van der Waals surface area contributed by atoms with Gasteiger partial charge in [-0.15, -0.1) is 35.3 Å². The van der Waals surface area contributed by atoms with Gasteiger partial charge in [-0.25, -0.2) is 8.42 Å². The first-order valence-electron chi connectivity index (χ1n) is 8.55. The molecule has 2 aliphatic rings. The number of guanidine groups is 1. The smallest absolute Gasteiger partial charge is 0.252 e. The Labute approximate surface area is 171 Å². The van der Waals surface area contributed by atoms with E-state index in [0.29, 0.717) is 35.7 Å². The lowest BCUT2D eigenvalue weighted by atomic mass is 10.0. The van der Waals surface area contributed by atoms with Crippen molar-refractivity contribution in [1.29, 1.82) is 0 Å². The van der Waals surface area contributed by atoms with Gasteiger partial charge in [0.05, 0.1) is 0 Å². The highest BCUT2D eigenvalue weighted by Crippen LogP contribution is 2.27. The van der Waals surface area contributed by atoms with E-state index >= 15 is 0 Å². The van der Waals surface area contributed by atoms with Gasteiger partial charge in [0.2, 0.25) is 0 Å². The Hall–Kier alpha value is -0.390. The molecular weight excluding hydrogens is 471 g/mol. The molecule has 0 radical (unpaired) electrons. The molecule has 0 bridgehead atoms. The summed E-state index contributed by atoms with van der Waals surface area (Å²) in [6, 6.07) is 3.44. The third-order valence-electron chi connectivity index (χ3n) is 4.83. The molecule has 0 aromatic carbocycles. The van der Waals surface area contributed by atoms with E-state index in [4.69, 9.17) is 5.73 Å². The van der Waals surface area contributed by atoms with Crippen molar-refractivity contribution in [3.63, 3.8) is 0 Å². The van der Waals surface area contributed by atoms with Crippen LogP contribution in [0.15, 0.2) is 26.7 Å². The van der Waals surface area contributed by atoms with Crippen LogP contribution in [-0.2, 0) is 10.0 Å². The standard InChI is InChI=1S/C16H26N4O2S2.HI/c1-13-4-2-7-19(11-13)16(17)18-10-14-6-8-20(12-14)24(21,22)15-5-3-9-23-15;/h3,5,9,13-14H,2,4,6-8,10-12H2,1H3,(H2,17,18);1H. The van der Waals surface area contributed by atoms with Crippen LogP contribution in [0.2, 0.25) is 0 Å². The van der Waals surface area contributed by atoms with Gasteiger partial charge in [0.1, 0.15) is 4.21 Å². The first kappa shape index (κ1) is 20.9. The number of nitrogens with two attached hydrogens (primary N) is 1. The van der Waals surface area contributed by atoms with E-state index in [2.05, 4.69) is 16.8 Å². The fraction of sp³-hybridized carbons (Fsp3) is 0.688. The van der Waals surface area contributed by atoms with Gasteiger partial charge in [0, 0.05) is 32.7 Å². The maximum atomic E-state index is 12.5. The van der Waals surface area contributed by atoms with Crippen molar-refractivity contribution in [3.05, 3.63) is 17.5 Å². The Morgan fingerprint density at radius 2 is 2.16 bits per heavy atom. The number of aliphatic imine (C=N–C) groups is 1. The van der Waals surface area contributed by atoms with Crippen LogP contribution in [0.1, 0.15) is 26.2 Å². The number of rotatable bonds is 4. The number of sulfonamides is 1. The Bertz CT molecular complexity index is 678. The van der Waals surface area contributed by atoms with Gasteiger partial charge in [0.15, 0.2) is 5.96 Å². The molecule has 0 saturated carbocycles. The molecule has 1 aromatic rings. The van der Waals surface area contributed by atoms with Crippen LogP contribution in [0.3, 0.4) is 0 Å². The Morgan fingerprint density at radius 1 is 1.36 bits per heavy atom. The fourth-order valence-corrected chi connectivity index (χ4v) is 6.10. The third kappa shape index (κ3) is 5.08. The summed E-state index contributed by atoms with van der Waals surface area (Å²) in [5, 5.41) is 1.80. The normalized spacial score (nSPS) is 25.8. The minimum atomic E-state index is -3.33. The van der Waals surface area contributed by atoms with Crippen LogP contribution in [0.25, 0.3) is 0 Å². The zero-order chi connectivity index (χ0) is 17.2. The summed E-state index contributed by atoms with van der Waals surface area (Å²) in [4.78, 5) is 6.70. The van der Waals surface area contributed by atoms with Crippen molar-refractivity contribution >= 4 is 51.3 Å². The van der Waals surface area contributed by atoms with E-state index in [0.717, 1.165) is 25.9 Å². The predicted octanol–water partition coefficient (Wildman–Crippen LogP) is 2.42. The molecule has 3 heterocycles. The van der Waals surface area contributed by atoms with E-state index in [-0.39, 0.29) is 29.9 Å². The van der Waals surface area contributed by atoms with Gasteiger partial charge in [-0.05, 0) is 42.5 Å². The van der Waals surface area contributed by atoms with Crippen molar-refractivity contribution in [1.82, 2.24) is 9.21 Å². The molecule has 2 unspecified atom stereocenters. The molecule has 6 nitrogen and oxygen atoms in total. The second kappa shape index (κ2) is 9.01. The summed E-state index contributed by atoms with van der Waals surface area (Å²) in [7, 11) is -3.33. The quantitative estimate of drug-likeness (QED) is 0.393. The molecule has 0 aliphatic carbocycles. The summed E-state index contributed by atoms with van der Waals surface area (Å²) in [6.45, 7) is 5.90. The number of hydrogen-bond acceptors (Lipinski definition) is 4. The van der Waals surface area contributed by atoms with Gasteiger partial charge in [-0.3, -0.25) is 4.99 Å². The lowest BCUT2D eigenvalue weighted by Crippen LogP contribution is -2.43. The van der Waals surface area contributed by atoms with Crippen molar-refractivity contribution in [2.24, 2.45) is 22.6 Å². The summed E-state index contributed by atoms with van der Waals surface area (Å²) in [5.74, 6) is 1.52. The van der Waals surface area contributed by atoms with Gasteiger partial charge in [0.25, 0.3) is 10.0 Å². The summed E-state index contributed by atoms with van der Waals surface area (Å²) < 4.78 is 27.1. The second-order valence-corrected chi connectivity index (χ2v) is 9.95. The Kier molecular flexibility index (Phi) is 7.53. The van der Waals surface area contributed by atoms with Gasteiger partial charge >= 0.3 is 0 Å². The van der Waals surface area contributed by atoms with Crippen molar-refractivity contribution in [2.75, 3.05) is 32.7 Å². The minimum absolute atomic E-state index is 0. The maximum Gasteiger partial charge on any atom is 0.252 e. The monoisotopic (exact) mass is 498 g/mol. The number of nitrogens with zero attached hydrogens (tertiary/aromatic N) is 3. The first-order chi connectivity index (χ1) is 11.5. The largest absolute Gasteiger partial charge is 0.370 e. The van der Waals surface area contributed by atoms with E-state index < -0.39 is 10.0 Å². The van der Waals surface area contributed by atoms with Gasteiger partial charge in [-0.1, -0.05) is 13.0 Å². The van der Waals surface area contributed by atoms with Crippen LogP contribution >= 0.6 is 35.3 Å². The Morgan fingerprint density at radius 3 is 2.84 bits per heavy atom. The SMILES string of the molecule is CC1CCCN(C(N)=NCC2CCN(S(=O)(=O)c3cccs3)C2)C1.I. The van der Waals surface area contributed by atoms with Crippen LogP contribution in [0.4, 0.5) is 0 Å². The lowest BCUT2D eigenvalue weighted by molar-refractivity contribution is 0.270. The predicted molar refractivity (Wildman–Crippen MR) is 113 cm³/mol. The summed E-state index contributed by atoms with van der Waals surface area (Å²) >= 11 is 1.27. The summed E-state index contributed by atoms with van der Waals surface area (Å²) in [5.41, 5.74) is 6.13. The van der Waals surface area contributed by atoms with Gasteiger partial charge in [-0.2, -0.15) is 4.31 Å². The zero-order valence-electron chi connectivity index (χ0n) is 14.5. The molecule has 142 valence electrons. The number of hydrogen-bond donors (Lipinski definition) is 1. The van der Waals surface area contributed by atoms with Crippen LogP contribution < -0.4 is 5.73 Å². The lowest BCUT2D eigenvalue weighted by Gasteiger charge is -2.31. The molecule has 0 spiro atoms. The molecular formula is C16H27IN4O2S2. The molecule has 2 saturated heterocycles. The van der Waals surface area contributed by atoms with Crippen LogP contribution in [0, 0.1) is 11.8 Å². The van der Waals surface area contributed by atoms with E-state index in [1.165, 1.54) is 17.8 Å². The molecule has 2 aliphatic heterocycles. The third-order valence-corrected chi connectivity index (χ3v) is 8.07. The molecule has 1 aromatic heterocycles. The number of likely N-dealkylation sites (tertiary alicyclic amines) is 1. The van der Waals surface area contributed by atoms with E-state index in [1.807, 2.05) is 0 Å². The molecule has 9 heteroatoms. The van der Waals surface area contributed by atoms with E-state index in [9.17, 15) is 8.42 Å². The van der Waals surface area contributed by atoms with Gasteiger partial charge < -0.3 is 10.6 Å². The van der Waals surface area contributed by atoms with E-state index in [1.54, 1.807) is 21.8 Å². The molecule has 2 fully saturated rings. The maximum absolute atomic E-state index is 12.5. The number of thiophene rings is 1. The minimum Gasteiger partial charge on any atom is -0.370 e. The second-order valence-electron chi connectivity index (χ2n) is 6.84. The fourth-order valence-electron chi connectivity index (χ4n) is 3.42. The number of piperidine rings is 1. The average molecular weight is 498 g/mol. The first-order valence-corrected chi connectivity index (χ1v) is 10.9. The topological polar surface area (TPSA) is 79.0 Å². The van der Waals surface area contributed by atoms with Crippen molar-refractivity contribution in [2.45, 2.75) is 30.4 Å². The van der Waals surface area contributed by atoms with Crippen molar-refractivity contribution < 1.29 is 8.42 Å². The van der Waals surface area contributed by atoms with Crippen LogP contribution in [-0.4, -0.2) is 56.3 Å². The zero-order valence-corrected chi connectivity index (χ0v) is 18.5. The average Bonchev–Trinajstić information content (AvgIpc) is 3.24. The highest BCUT2D eigenvalue weighted by atomic mass is 127. The summed E-state index contributed by atoms with van der Waals surface area (Å²) in [6.07, 6.45) is 3.26. The molecule has 2 N–H and O–H groups in total. The van der Waals surface area contributed by atoms with Crippen LogP contribution in [0.5, 0.6) is 0 Å². The highest BCUT2D eigenvalue weighted by Gasteiger charge is 2.33. The molecule has 0 amide bonds. The molecule has 25 heavy (non-hydrogen) atoms. The number of halogens is 1. The highest BCUT2D eigenvalue weighted by molar-refractivity contribution is 14.0. The van der Waals surface area contributed by atoms with Crippen molar-refractivity contribution in [3.8, 4) is 0 Å². The Balaban J connectivity index is 0.00000225. The molecule has 3 rings (SSSR count).